The average molecular weight is 450 g/mol. The van der Waals surface area contributed by atoms with E-state index < -0.39 is 16.7 Å². The number of nitrogens with zero attached hydrogens (tertiary/aromatic N) is 2. The monoisotopic (exact) mass is 449 g/mol. The van der Waals surface area contributed by atoms with Crippen LogP contribution in [0.3, 0.4) is 0 Å². The van der Waals surface area contributed by atoms with Gasteiger partial charge in [0.1, 0.15) is 36.5 Å². The van der Waals surface area contributed by atoms with Crippen molar-refractivity contribution in [2.24, 2.45) is 9.98 Å². The Morgan fingerprint density at radius 2 is 2.00 bits per heavy atom. The van der Waals surface area contributed by atoms with Gasteiger partial charge in [-0.15, -0.1) is 0 Å². The van der Waals surface area contributed by atoms with Crippen LogP contribution in [0, 0.1) is 6.92 Å². The van der Waals surface area contributed by atoms with Gasteiger partial charge in [-0.05, 0) is 46.3 Å². The average Bonchev–Trinajstić information content (AvgIpc) is 2.75. The lowest BCUT2D eigenvalue weighted by atomic mass is 10.2. The molecule has 172 valence electrons. The van der Waals surface area contributed by atoms with E-state index in [1.165, 1.54) is 13.1 Å². The van der Waals surface area contributed by atoms with E-state index in [4.69, 9.17) is 4.74 Å². The lowest BCUT2D eigenvalue weighted by Gasteiger charge is -2.12. The molecule has 0 bridgehead atoms. The Hall–Kier alpha value is -2.41. The third kappa shape index (κ3) is 13.7. The van der Waals surface area contributed by atoms with Gasteiger partial charge in [0.05, 0.1) is 6.67 Å². The van der Waals surface area contributed by atoms with E-state index in [1.807, 2.05) is 0 Å². The molecule has 0 aliphatic rings. The van der Waals surface area contributed by atoms with E-state index in [9.17, 15) is 17.6 Å². The Balaban J connectivity index is 0. The molecule has 0 atom stereocenters. The van der Waals surface area contributed by atoms with Gasteiger partial charge in [0, 0.05) is 7.11 Å². The van der Waals surface area contributed by atoms with E-state index in [0.29, 0.717) is 31.2 Å². The lowest BCUT2D eigenvalue weighted by Crippen LogP contribution is -2.23. The molecule has 30 heavy (non-hydrogen) atoms. The number of benzene rings is 1. The maximum absolute atomic E-state index is 12.0. The summed E-state index contributed by atoms with van der Waals surface area (Å²) in [5.41, 5.74) is 0.561. The van der Waals surface area contributed by atoms with Crippen molar-refractivity contribution in [2.45, 2.75) is 18.7 Å². The highest BCUT2D eigenvalue weighted by molar-refractivity contribution is 7.89. The van der Waals surface area contributed by atoms with E-state index in [0.717, 1.165) is 0 Å². The van der Waals surface area contributed by atoms with Gasteiger partial charge < -0.3 is 20.1 Å². The normalized spacial score (nSPS) is 10.7. The topological polar surface area (TPSA) is 130 Å². The van der Waals surface area contributed by atoms with Gasteiger partial charge in [0.15, 0.2) is 0 Å². The zero-order valence-electron chi connectivity index (χ0n) is 18.1. The van der Waals surface area contributed by atoms with Crippen molar-refractivity contribution in [3.8, 4) is 5.75 Å². The summed E-state index contributed by atoms with van der Waals surface area (Å²) < 4.78 is 47.4. The fraction of sp³-hybridized carbons (Fsp3) is 0.500. The molecule has 0 aromatic heterocycles. The van der Waals surface area contributed by atoms with Crippen LogP contribution >= 0.6 is 0 Å². The summed E-state index contributed by atoms with van der Waals surface area (Å²) in [6.07, 6.45) is 0.649. The summed E-state index contributed by atoms with van der Waals surface area (Å²) in [5, 5.41) is 5.13. The highest BCUT2D eigenvalue weighted by atomic mass is 32.2. The highest BCUT2D eigenvalue weighted by Gasteiger charge is 2.20. The Labute approximate surface area is 178 Å². The number of carbonyl (C=O) groups excluding carboxylic acids is 1. The molecule has 0 spiro atoms. The Morgan fingerprint density at radius 1 is 1.33 bits per heavy atom. The number of hydrogen-bond acceptors (Lipinski definition) is 7. The predicted molar refractivity (Wildman–Crippen MR) is 117 cm³/mol. The van der Waals surface area contributed by atoms with Crippen molar-refractivity contribution in [1.82, 2.24) is 15.4 Å². The maximum atomic E-state index is 12.0. The van der Waals surface area contributed by atoms with Crippen LogP contribution in [-0.2, 0) is 19.6 Å². The molecular formula is C18H32FN5O5S. The largest absolute Gasteiger partial charge is 0.489 e. The summed E-state index contributed by atoms with van der Waals surface area (Å²) in [6.45, 7) is 6.80. The molecule has 10 nitrogen and oxygen atoms in total. The Bertz CT molecular complexity index is 744. The van der Waals surface area contributed by atoms with Crippen molar-refractivity contribution in [3.63, 3.8) is 0 Å². The minimum absolute atomic E-state index is 0.0611. The molecular weight excluding hydrogens is 417 g/mol. The molecule has 0 fully saturated rings. The van der Waals surface area contributed by atoms with Crippen molar-refractivity contribution in [2.75, 3.05) is 47.9 Å². The maximum Gasteiger partial charge on any atom is 0.244 e. The SMILES string of the molecule is C=N/C(C)=N\COC.CNCNC=O.CNS(=O)(=O)c1c(C)cccc1OCCF. The summed E-state index contributed by atoms with van der Waals surface area (Å²) in [4.78, 5) is 16.8. The highest BCUT2D eigenvalue weighted by Crippen LogP contribution is 2.26. The van der Waals surface area contributed by atoms with Crippen LogP contribution in [0.4, 0.5) is 4.39 Å². The van der Waals surface area contributed by atoms with E-state index in [-0.39, 0.29) is 17.3 Å². The molecule has 0 saturated heterocycles. The number of amides is 1. The molecule has 1 aromatic rings. The number of aliphatic imine (C=N–C) groups is 2. The summed E-state index contributed by atoms with van der Waals surface area (Å²) in [6, 6.07) is 4.83. The smallest absolute Gasteiger partial charge is 0.244 e. The standard InChI is InChI=1S/C10H14FNO3S.C5H10N2O.C3H8N2O/c1-8-4-3-5-9(15-7-6-11)10(8)16(13,14)12-2;1-5(6-2)7-4-8-3;1-4-2-5-3-6/h3-5,12H,6-7H2,1-2H3;2,4H2,1,3H3;3-4H,2H2,1H3,(H,5,6)/b;7-5-;. The summed E-state index contributed by atoms with van der Waals surface area (Å²) in [5.74, 6) is 0.832. The fourth-order valence-corrected chi connectivity index (χ4v) is 2.77. The first-order valence-corrected chi connectivity index (χ1v) is 10.2. The molecule has 3 N–H and O–H groups in total. The first kappa shape index (κ1) is 29.8. The minimum Gasteiger partial charge on any atom is -0.489 e. The molecule has 0 unspecified atom stereocenters. The number of alkyl halides is 1. The second kappa shape index (κ2) is 18.6. The van der Waals surface area contributed by atoms with Crippen LogP contribution in [0.15, 0.2) is 33.1 Å². The number of halogens is 1. The van der Waals surface area contributed by atoms with Gasteiger partial charge in [-0.1, -0.05) is 12.1 Å². The van der Waals surface area contributed by atoms with Crippen LogP contribution in [0.25, 0.3) is 0 Å². The number of rotatable bonds is 10. The minimum atomic E-state index is -3.59. The van der Waals surface area contributed by atoms with Gasteiger partial charge in [0.25, 0.3) is 0 Å². The van der Waals surface area contributed by atoms with Gasteiger partial charge in [0.2, 0.25) is 16.4 Å². The summed E-state index contributed by atoms with van der Waals surface area (Å²) >= 11 is 0. The first-order valence-electron chi connectivity index (χ1n) is 8.75. The quantitative estimate of drug-likeness (QED) is 0.160. The van der Waals surface area contributed by atoms with Gasteiger partial charge in [-0.25, -0.2) is 27.5 Å². The molecule has 1 amide bonds. The van der Waals surface area contributed by atoms with Crippen molar-refractivity contribution >= 4 is 29.0 Å². The Morgan fingerprint density at radius 3 is 2.43 bits per heavy atom. The second-order valence-electron chi connectivity index (χ2n) is 5.28. The van der Waals surface area contributed by atoms with Crippen molar-refractivity contribution in [3.05, 3.63) is 23.8 Å². The third-order valence-corrected chi connectivity index (χ3v) is 4.66. The zero-order chi connectivity index (χ0) is 23.4. The zero-order valence-corrected chi connectivity index (χ0v) is 18.9. The molecule has 0 aliphatic carbocycles. The number of hydrogen-bond donors (Lipinski definition) is 3. The molecule has 12 heteroatoms. The van der Waals surface area contributed by atoms with Crippen LogP contribution in [0.1, 0.15) is 12.5 Å². The molecule has 0 saturated carbocycles. The van der Waals surface area contributed by atoms with E-state index in [2.05, 4.69) is 36.8 Å². The van der Waals surface area contributed by atoms with Crippen molar-refractivity contribution < 1.29 is 27.1 Å². The van der Waals surface area contributed by atoms with Crippen LogP contribution < -0.4 is 20.1 Å². The first-order chi connectivity index (χ1) is 14.2. The number of ether oxygens (including phenoxy) is 2. The molecule has 0 radical (unpaired) electrons. The van der Waals surface area contributed by atoms with Gasteiger partial charge in [-0.3, -0.25) is 4.79 Å². The Kier molecular flexibility index (Phi) is 18.5. The molecule has 0 aliphatic heterocycles. The van der Waals surface area contributed by atoms with E-state index in [1.54, 1.807) is 40.1 Å². The number of carbonyl (C=O) groups is 1. The van der Waals surface area contributed by atoms with Crippen LogP contribution in [0.5, 0.6) is 5.75 Å². The third-order valence-electron chi connectivity index (χ3n) is 3.06. The fourth-order valence-electron chi connectivity index (χ4n) is 1.69. The number of nitrogens with one attached hydrogen (secondary N) is 3. The van der Waals surface area contributed by atoms with Crippen LogP contribution in [0.2, 0.25) is 0 Å². The number of aryl methyl sites for hydroxylation is 1. The molecule has 1 rings (SSSR count). The lowest BCUT2D eigenvalue weighted by molar-refractivity contribution is -0.109. The molecule has 0 heterocycles. The number of methoxy groups -OCH3 is 1. The van der Waals surface area contributed by atoms with Gasteiger partial charge >= 0.3 is 0 Å². The second-order valence-corrected chi connectivity index (χ2v) is 7.10. The summed E-state index contributed by atoms with van der Waals surface area (Å²) in [7, 11) is 1.08. The number of sulfonamides is 1. The van der Waals surface area contributed by atoms with Crippen molar-refractivity contribution in [1.29, 1.82) is 0 Å². The molecule has 1 aromatic carbocycles. The van der Waals surface area contributed by atoms with Gasteiger partial charge in [-0.2, -0.15) is 0 Å². The number of amidine groups is 1. The predicted octanol–water partition coefficient (Wildman–Crippen LogP) is 0.870. The van der Waals surface area contributed by atoms with E-state index >= 15 is 0 Å². The van der Waals surface area contributed by atoms with Crippen LogP contribution in [-0.4, -0.2) is 75.3 Å².